The second kappa shape index (κ2) is 11.7. The highest BCUT2D eigenvalue weighted by Crippen LogP contribution is 2.22. The Morgan fingerprint density at radius 2 is 1.70 bits per heavy atom. The van der Waals surface area contributed by atoms with Gasteiger partial charge in [-0.05, 0) is 58.2 Å². The number of likely N-dealkylation sites (N-methyl/N-ethyl adjacent to an activating group) is 1. The van der Waals surface area contributed by atoms with E-state index in [4.69, 9.17) is 19.3 Å². The number of aliphatic hydroxyl groups excluding tert-OH is 1. The first-order valence-electron chi connectivity index (χ1n) is 11.3. The molecule has 1 unspecified atom stereocenters. The van der Waals surface area contributed by atoms with Gasteiger partial charge in [0.25, 0.3) is 0 Å². The van der Waals surface area contributed by atoms with Gasteiger partial charge in [-0.25, -0.2) is 0 Å². The zero-order valence-electron chi connectivity index (χ0n) is 20.2. The van der Waals surface area contributed by atoms with Crippen LogP contribution in [0.4, 0.5) is 0 Å². The number of benzene rings is 2. The Bertz CT molecular complexity index is 1020. The van der Waals surface area contributed by atoms with Crippen LogP contribution < -0.4 is 14.2 Å². The van der Waals surface area contributed by atoms with Crippen LogP contribution in [-0.2, 0) is 13.1 Å². The number of rotatable bonds is 12. The van der Waals surface area contributed by atoms with Crippen molar-refractivity contribution in [3.8, 4) is 17.2 Å². The third-order valence-electron chi connectivity index (χ3n) is 5.57. The molecule has 7 nitrogen and oxygen atoms in total. The molecule has 178 valence electrons. The number of aromatic nitrogens is 2. The molecule has 7 heteroatoms. The molecule has 0 aliphatic rings. The Kier molecular flexibility index (Phi) is 8.74. The van der Waals surface area contributed by atoms with Crippen molar-refractivity contribution in [2.24, 2.45) is 0 Å². The number of hydrogen-bond donors (Lipinski definition) is 1. The van der Waals surface area contributed by atoms with Crippen LogP contribution in [0, 0.1) is 13.8 Å². The van der Waals surface area contributed by atoms with Gasteiger partial charge in [0.1, 0.15) is 30.0 Å². The van der Waals surface area contributed by atoms with E-state index in [1.807, 2.05) is 68.0 Å². The molecular weight excluding hydrogens is 418 g/mol. The lowest BCUT2D eigenvalue weighted by molar-refractivity contribution is 0.0742. The number of methoxy groups -OCH3 is 1. The van der Waals surface area contributed by atoms with Crippen LogP contribution in [0.2, 0.25) is 0 Å². The van der Waals surface area contributed by atoms with E-state index in [0.29, 0.717) is 32.0 Å². The van der Waals surface area contributed by atoms with Gasteiger partial charge in [0.05, 0.1) is 26.0 Å². The van der Waals surface area contributed by atoms with Gasteiger partial charge < -0.3 is 19.3 Å². The lowest BCUT2D eigenvalue weighted by Crippen LogP contribution is -2.33. The van der Waals surface area contributed by atoms with Crippen molar-refractivity contribution >= 4 is 0 Å². The molecule has 3 aromatic rings. The summed E-state index contributed by atoms with van der Waals surface area (Å²) < 4.78 is 18.7. The Balaban J connectivity index is 1.54. The fourth-order valence-electron chi connectivity index (χ4n) is 3.85. The van der Waals surface area contributed by atoms with Gasteiger partial charge in [-0.1, -0.05) is 18.2 Å². The predicted molar refractivity (Wildman–Crippen MR) is 129 cm³/mol. The molecular formula is C26H35N3O4. The highest BCUT2D eigenvalue weighted by molar-refractivity contribution is 5.34. The average Bonchev–Trinajstić information content (AvgIpc) is 3.06. The van der Waals surface area contributed by atoms with Crippen LogP contribution in [0.1, 0.15) is 29.4 Å². The van der Waals surface area contributed by atoms with E-state index in [-0.39, 0.29) is 6.61 Å². The maximum Gasteiger partial charge on any atom is 0.123 e. The van der Waals surface area contributed by atoms with Gasteiger partial charge in [0.2, 0.25) is 0 Å². The standard InChI is InChI=1S/C26H35N3O4/c1-6-32-23-11-13-24(14-12-23)33-18-22(30)16-28(4)17-25-19(2)27-29(20(25)3)15-21-9-7-8-10-26(21)31-5/h7-14,22,30H,6,15-18H2,1-5H3. The molecule has 1 atom stereocenters. The molecule has 1 aromatic heterocycles. The minimum absolute atomic E-state index is 0.226. The van der Waals surface area contributed by atoms with Crippen molar-refractivity contribution in [1.82, 2.24) is 14.7 Å². The third-order valence-corrected chi connectivity index (χ3v) is 5.57. The SMILES string of the molecule is CCOc1ccc(OCC(O)CN(C)Cc2c(C)nn(Cc3ccccc3OC)c2C)cc1. The minimum atomic E-state index is -0.606. The molecule has 0 spiro atoms. The highest BCUT2D eigenvalue weighted by atomic mass is 16.5. The topological polar surface area (TPSA) is 69.0 Å². The third kappa shape index (κ3) is 6.73. The minimum Gasteiger partial charge on any atom is -0.496 e. The van der Waals surface area contributed by atoms with Crippen LogP contribution in [0.3, 0.4) is 0 Å². The summed E-state index contributed by atoms with van der Waals surface area (Å²) in [5.41, 5.74) is 4.37. The van der Waals surface area contributed by atoms with Crippen molar-refractivity contribution in [1.29, 1.82) is 0 Å². The zero-order chi connectivity index (χ0) is 23.8. The molecule has 0 saturated carbocycles. The van der Waals surface area contributed by atoms with Crippen molar-refractivity contribution < 1.29 is 19.3 Å². The molecule has 3 rings (SSSR count). The summed E-state index contributed by atoms with van der Waals surface area (Å²) in [6.45, 7) is 8.76. The molecule has 0 amide bonds. The van der Waals surface area contributed by atoms with Crippen molar-refractivity contribution in [3.05, 3.63) is 71.0 Å². The maximum atomic E-state index is 10.5. The zero-order valence-corrected chi connectivity index (χ0v) is 20.2. The fourth-order valence-corrected chi connectivity index (χ4v) is 3.85. The summed E-state index contributed by atoms with van der Waals surface area (Å²) in [5, 5.41) is 15.2. The van der Waals surface area contributed by atoms with Gasteiger partial charge in [0.15, 0.2) is 0 Å². The lowest BCUT2D eigenvalue weighted by Gasteiger charge is -2.21. The summed E-state index contributed by atoms with van der Waals surface area (Å²) >= 11 is 0. The summed E-state index contributed by atoms with van der Waals surface area (Å²) in [7, 11) is 3.68. The van der Waals surface area contributed by atoms with E-state index in [1.165, 1.54) is 5.56 Å². The van der Waals surface area contributed by atoms with E-state index in [9.17, 15) is 5.11 Å². The molecule has 1 N–H and O–H groups in total. The van der Waals surface area contributed by atoms with Gasteiger partial charge in [-0.2, -0.15) is 5.10 Å². The van der Waals surface area contributed by atoms with Crippen LogP contribution in [0.25, 0.3) is 0 Å². The molecule has 0 fully saturated rings. The first-order chi connectivity index (χ1) is 15.9. The maximum absolute atomic E-state index is 10.5. The molecule has 33 heavy (non-hydrogen) atoms. The fraction of sp³-hybridized carbons (Fsp3) is 0.423. The van der Waals surface area contributed by atoms with Gasteiger partial charge in [-0.15, -0.1) is 0 Å². The number of ether oxygens (including phenoxy) is 3. The first-order valence-corrected chi connectivity index (χ1v) is 11.3. The Morgan fingerprint density at radius 3 is 2.36 bits per heavy atom. The molecule has 0 aliphatic carbocycles. The van der Waals surface area contributed by atoms with Crippen LogP contribution in [-0.4, -0.2) is 59.8 Å². The normalized spacial score (nSPS) is 12.1. The van der Waals surface area contributed by atoms with Crippen LogP contribution in [0.5, 0.6) is 17.2 Å². The van der Waals surface area contributed by atoms with Crippen LogP contribution in [0.15, 0.2) is 48.5 Å². The van der Waals surface area contributed by atoms with Gasteiger partial charge >= 0.3 is 0 Å². The number of nitrogens with zero attached hydrogens (tertiary/aromatic N) is 3. The second-order valence-corrected chi connectivity index (χ2v) is 8.18. The Hall–Kier alpha value is -3.03. The highest BCUT2D eigenvalue weighted by Gasteiger charge is 2.17. The molecule has 0 radical (unpaired) electrons. The van der Waals surface area contributed by atoms with E-state index in [0.717, 1.165) is 28.5 Å². The van der Waals surface area contributed by atoms with E-state index in [2.05, 4.69) is 17.9 Å². The van der Waals surface area contributed by atoms with Crippen molar-refractivity contribution in [3.63, 3.8) is 0 Å². The lowest BCUT2D eigenvalue weighted by atomic mass is 10.1. The summed E-state index contributed by atoms with van der Waals surface area (Å²) in [6.07, 6.45) is -0.606. The summed E-state index contributed by atoms with van der Waals surface area (Å²) in [5.74, 6) is 2.38. The monoisotopic (exact) mass is 453 g/mol. The van der Waals surface area contributed by atoms with Crippen molar-refractivity contribution in [2.75, 3.05) is 33.9 Å². The van der Waals surface area contributed by atoms with E-state index < -0.39 is 6.10 Å². The Morgan fingerprint density at radius 1 is 1.03 bits per heavy atom. The Labute approximate surface area is 196 Å². The quantitative estimate of drug-likeness (QED) is 0.450. The van der Waals surface area contributed by atoms with E-state index in [1.54, 1.807) is 7.11 Å². The van der Waals surface area contributed by atoms with Crippen molar-refractivity contribution in [2.45, 2.75) is 40.0 Å². The molecule has 1 heterocycles. The first kappa shape index (κ1) is 24.6. The smallest absolute Gasteiger partial charge is 0.123 e. The molecule has 2 aromatic carbocycles. The number of aliphatic hydroxyl groups is 1. The number of para-hydroxylation sites is 1. The average molecular weight is 454 g/mol. The summed E-state index contributed by atoms with van der Waals surface area (Å²) in [4.78, 5) is 2.09. The molecule has 0 saturated heterocycles. The second-order valence-electron chi connectivity index (χ2n) is 8.18. The van der Waals surface area contributed by atoms with E-state index >= 15 is 0 Å². The van der Waals surface area contributed by atoms with Gasteiger partial charge in [-0.3, -0.25) is 9.58 Å². The molecule has 0 aliphatic heterocycles. The largest absolute Gasteiger partial charge is 0.496 e. The summed E-state index contributed by atoms with van der Waals surface area (Å²) in [6, 6.07) is 15.4. The van der Waals surface area contributed by atoms with Crippen LogP contribution >= 0.6 is 0 Å². The number of aryl methyl sites for hydroxylation is 1. The van der Waals surface area contributed by atoms with Gasteiger partial charge in [0, 0.05) is 29.9 Å². The molecule has 0 bridgehead atoms. The number of hydrogen-bond acceptors (Lipinski definition) is 6. The predicted octanol–water partition coefficient (Wildman–Crippen LogP) is 3.83.